The second-order valence-electron chi connectivity index (χ2n) is 8.47. The average molecular weight is 447 g/mol. The van der Waals surface area contributed by atoms with Gasteiger partial charge in [-0.05, 0) is 99.7 Å². The van der Waals surface area contributed by atoms with Gasteiger partial charge in [0.05, 0.1) is 4.90 Å². The molecule has 0 amide bonds. The summed E-state index contributed by atoms with van der Waals surface area (Å²) in [6.07, 6.45) is 4.17. The fourth-order valence-electron chi connectivity index (χ4n) is 4.31. The highest BCUT2D eigenvalue weighted by Crippen LogP contribution is 2.27. The largest absolute Gasteiger partial charge is 0.299 e. The van der Waals surface area contributed by atoms with Crippen LogP contribution >= 0.6 is 11.8 Å². The van der Waals surface area contributed by atoms with E-state index in [1.807, 2.05) is 27.7 Å². The Morgan fingerprint density at radius 3 is 2.23 bits per heavy atom. The van der Waals surface area contributed by atoms with Crippen LogP contribution in [0.4, 0.5) is 0 Å². The Kier molecular flexibility index (Phi) is 7.66. The van der Waals surface area contributed by atoms with Gasteiger partial charge in [-0.15, -0.1) is 11.8 Å². The summed E-state index contributed by atoms with van der Waals surface area (Å²) in [6.45, 7) is 11.3. The van der Waals surface area contributed by atoms with Crippen LogP contribution in [0.15, 0.2) is 40.1 Å². The molecule has 1 heterocycles. The molecule has 2 aromatic carbocycles. The number of hydrogen-bond acceptors (Lipinski definition) is 4. The molecule has 0 radical (unpaired) electrons. The first kappa shape index (κ1) is 23.3. The molecule has 0 bridgehead atoms. The minimum absolute atomic E-state index is 0.387. The highest BCUT2D eigenvalue weighted by molar-refractivity contribution is 7.98. The molecule has 1 fully saturated rings. The Balaban J connectivity index is 1.58. The van der Waals surface area contributed by atoms with Gasteiger partial charge in [0.15, 0.2) is 0 Å². The molecule has 0 spiro atoms. The zero-order valence-corrected chi connectivity index (χ0v) is 20.4. The van der Waals surface area contributed by atoms with E-state index in [-0.39, 0.29) is 0 Å². The Labute approximate surface area is 186 Å². The van der Waals surface area contributed by atoms with Crippen molar-refractivity contribution in [2.24, 2.45) is 5.92 Å². The van der Waals surface area contributed by atoms with E-state index >= 15 is 0 Å². The van der Waals surface area contributed by atoms with Gasteiger partial charge in [-0.3, -0.25) is 4.90 Å². The number of thioether (sulfide) groups is 1. The number of aryl methyl sites for hydroxylation is 2. The van der Waals surface area contributed by atoms with Crippen molar-refractivity contribution in [2.75, 3.05) is 25.9 Å². The third-order valence-electron chi connectivity index (χ3n) is 6.42. The van der Waals surface area contributed by atoms with Crippen molar-refractivity contribution in [1.82, 2.24) is 9.62 Å². The van der Waals surface area contributed by atoms with Gasteiger partial charge in [-0.1, -0.05) is 24.3 Å². The summed E-state index contributed by atoms with van der Waals surface area (Å²) < 4.78 is 29.1. The summed E-state index contributed by atoms with van der Waals surface area (Å²) in [7, 11) is -3.50. The quantitative estimate of drug-likeness (QED) is 0.619. The van der Waals surface area contributed by atoms with Gasteiger partial charge in [0.2, 0.25) is 10.0 Å². The maximum absolute atomic E-state index is 13.1. The van der Waals surface area contributed by atoms with Crippen LogP contribution in [0.1, 0.15) is 40.7 Å². The van der Waals surface area contributed by atoms with Crippen molar-refractivity contribution >= 4 is 21.8 Å². The summed E-state index contributed by atoms with van der Waals surface area (Å²) in [6, 6.07) is 10.6. The fourth-order valence-corrected chi connectivity index (χ4v) is 6.64. The van der Waals surface area contributed by atoms with Crippen molar-refractivity contribution in [1.29, 1.82) is 0 Å². The highest BCUT2D eigenvalue weighted by atomic mass is 32.2. The third kappa shape index (κ3) is 5.28. The molecule has 6 heteroatoms. The first-order chi connectivity index (χ1) is 14.2. The molecule has 0 atom stereocenters. The molecular weight excluding hydrogens is 412 g/mol. The topological polar surface area (TPSA) is 49.4 Å². The number of likely N-dealkylation sites (tertiary alicyclic amines) is 1. The van der Waals surface area contributed by atoms with Gasteiger partial charge in [0.25, 0.3) is 0 Å². The van der Waals surface area contributed by atoms with Gasteiger partial charge >= 0.3 is 0 Å². The van der Waals surface area contributed by atoms with Crippen LogP contribution in [0, 0.1) is 33.6 Å². The summed E-state index contributed by atoms with van der Waals surface area (Å²) in [4.78, 5) is 4.29. The van der Waals surface area contributed by atoms with Crippen molar-refractivity contribution < 1.29 is 8.42 Å². The molecule has 3 rings (SSSR count). The molecule has 30 heavy (non-hydrogen) atoms. The number of nitrogens with zero attached hydrogens (tertiary/aromatic N) is 1. The Morgan fingerprint density at radius 1 is 1.03 bits per heavy atom. The lowest BCUT2D eigenvalue weighted by molar-refractivity contribution is 0.177. The summed E-state index contributed by atoms with van der Waals surface area (Å²) >= 11 is 1.79. The van der Waals surface area contributed by atoms with Crippen LogP contribution in [-0.2, 0) is 16.6 Å². The van der Waals surface area contributed by atoms with Crippen molar-refractivity contribution in [2.45, 2.75) is 56.9 Å². The summed E-state index contributed by atoms with van der Waals surface area (Å²) in [5.41, 5.74) is 5.14. The summed E-state index contributed by atoms with van der Waals surface area (Å²) in [5.74, 6) is 0.387. The molecule has 0 unspecified atom stereocenters. The van der Waals surface area contributed by atoms with E-state index < -0.39 is 10.0 Å². The maximum atomic E-state index is 13.1. The predicted molar refractivity (Wildman–Crippen MR) is 127 cm³/mol. The van der Waals surface area contributed by atoms with E-state index in [4.69, 9.17) is 0 Å². The summed E-state index contributed by atoms with van der Waals surface area (Å²) in [5, 5.41) is 0. The van der Waals surface area contributed by atoms with E-state index in [9.17, 15) is 8.42 Å². The lowest BCUT2D eigenvalue weighted by atomic mass is 9.97. The molecule has 0 aromatic heterocycles. The number of piperidine rings is 1. The molecule has 4 nitrogen and oxygen atoms in total. The third-order valence-corrected chi connectivity index (χ3v) is 8.96. The second-order valence-corrected chi connectivity index (χ2v) is 11.0. The molecule has 1 aliphatic rings. The van der Waals surface area contributed by atoms with Gasteiger partial charge < -0.3 is 0 Å². The molecule has 0 aliphatic carbocycles. The Bertz CT molecular complexity index is 968. The fraction of sp³-hybridized carbons (Fsp3) is 0.500. The van der Waals surface area contributed by atoms with Gasteiger partial charge in [-0.2, -0.15) is 0 Å². The minimum atomic E-state index is -3.50. The number of rotatable bonds is 7. The highest BCUT2D eigenvalue weighted by Gasteiger charge is 2.25. The van der Waals surface area contributed by atoms with Crippen LogP contribution in [-0.4, -0.2) is 39.2 Å². The molecule has 164 valence electrons. The zero-order chi connectivity index (χ0) is 21.9. The first-order valence-corrected chi connectivity index (χ1v) is 13.3. The van der Waals surface area contributed by atoms with Crippen molar-refractivity contribution in [3.63, 3.8) is 0 Å². The van der Waals surface area contributed by atoms with Gasteiger partial charge in [0, 0.05) is 18.0 Å². The van der Waals surface area contributed by atoms with Crippen LogP contribution in [0.3, 0.4) is 0 Å². The van der Waals surface area contributed by atoms with Crippen molar-refractivity contribution in [3.05, 3.63) is 58.1 Å². The normalized spacial score (nSPS) is 16.2. The van der Waals surface area contributed by atoms with Crippen LogP contribution in [0.5, 0.6) is 0 Å². The monoisotopic (exact) mass is 446 g/mol. The van der Waals surface area contributed by atoms with E-state index in [0.29, 0.717) is 17.4 Å². The van der Waals surface area contributed by atoms with E-state index in [2.05, 4.69) is 46.2 Å². The number of benzene rings is 2. The molecule has 1 N–H and O–H groups in total. The van der Waals surface area contributed by atoms with Crippen LogP contribution < -0.4 is 4.72 Å². The SMILES string of the molecule is CSc1ccccc1CN1CCC(CNS(=O)(=O)c2c(C)c(C)cc(C)c2C)CC1. The molecule has 1 saturated heterocycles. The van der Waals surface area contributed by atoms with E-state index in [1.54, 1.807) is 11.8 Å². The van der Waals surface area contributed by atoms with Gasteiger partial charge in [0.1, 0.15) is 0 Å². The second kappa shape index (κ2) is 9.86. The van der Waals surface area contributed by atoms with Gasteiger partial charge in [-0.25, -0.2) is 13.1 Å². The molecular formula is C24H34N2O2S2. The molecule has 1 aliphatic heterocycles. The van der Waals surface area contributed by atoms with Crippen LogP contribution in [0.25, 0.3) is 0 Å². The lowest BCUT2D eigenvalue weighted by Gasteiger charge is -2.32. The first-order valence-electron chi connectivity index (χ1n) is 10.6. The van der Waals surface area contributed by atoms with E-state index in [0.717, 1.165) is 54.7 Å². The van der Waals surface area contributed by atoms with Crippen molar-refractivity contribution in [3.8, 4) is 0 Å². The zero-order valence-electron chi connectivity index (χ0n) is 18.8. The smallest absolute Gasteiger partial charge is 0.241 e. The van der Waals surface area contributed by atoms with E-state index in [1.165, 1.54) is 10.5 Å². The standard InChI is InChI=1S/C24H34N2O2S2/c1-17-14-18(2)20(4)24(19(17)3)30(27,28)25-15-21-10-12-26(13-11-21)16-22-8-6-7-9-23(22)29-5/h6-9,14,21,25H,10-13,15-16H2,1-5H3. The number of hydrogen-bond donors (Lipinski definition) is 1. The average Bonchev–Trinajstić information content (AvgIpc) is 2.72. The van der Waals surface area contributed by atoms with Crippen LogP contribution in [0.2, 0.25) is 0 Å². The Hall–Kier alpha value is -1.34. The molecule has 0 saturated carbocycles. The molecule has 2 aromatic rings. The Morgan fingerprint density at radius 2 is 1.63 bits per heavy atom. The minimum Gasteiger partial charge on any atom is -0.299 e. The predicted octanol–water partition coefficient (Wildman–Crippen LogP) is 4.83. The maximum Gasteiger partial charge on any atom is 0.241 e. The number of nitrogens with one attached hydrogen (secondary N) is 1. The number of sulfonamides is 1. The lowest BCUT2D eigenvalue weighted by Crippen LogP contribution is -2.38.